The fourth-order valence-corrected chi connectivity index (χ4v) is 2.99. The highest BCUT2D eigenvalue weighted by atomic mass is 19.2. The summed E-state index contributed by atoms with van der Waals surface area (Å²) >= 11 is 0. The molecule has 3 rings (SSSR count). The van der Waals surface area contributed by atoms with E-state index in [4.69, 9.17) is 4.74 Å². The number of rotatable bonds is 6. The first-order valence-corrected chi connectivity index (χ1v) is 9.04. The Kier molecular flexibility index (Phi) is 5.92. The van der Waals surface area contributed by atoms with Crippen LogP contribution in [0.5, 0.6) is 11.5 Å². The maximum Gasteiger partial charge on any atom is 0.207 e. The van der Waals surface area contributed by atoms with Gasteiger partial charge < -0.3 is 9.84 Å². The number of aromatic hydroxyl groups is 1. The van der Waals surface area contributed by atoms with Crippen LogP contribution in [0.4, 0.5) is 13.2 Å². The fraction of sp³-hybridized carbons (Fsp3) is 0.174. The van der Waals surface area contributed by atoms with Crippen molar-refractivity contribution in [2.24, 2.45) is 0 Å². The molecule has 0 spiro atoms. The first-order chi connectivity index (χ1) is 13.8. The summed E-state index contributed by atoms with van der Waals surface area (Å²) in [5, 5.41) is 9.95. The van der Waals surface area contributed by atoms with E-state index in [1.54, 1.807) is 31.2 Å². The van der Waals surface area contributed by atoms with Crippen LogP contribution in [0, 0.1) is 24.4 Å². The van der Waals surface area contributed by atoms with Crippen molar-refractivity contribution in [3.63, 3.8) is 0 Å². The number of phenols is 1. The highest BCUT2D eigenvalue weighted by molar-refractivity contribution is 6.00. The van der Waals surface area contributed by atoms with E-state index < -0.39 is 35.4 Å². The second-order valence-corrected chi connectivity index (χ2v) is 6.57. The number of ether oxygens (including phenoxy) is 1. The molecule has 0 unspecified atom stereocenters. The quantitative estimate of drug-likeness (QED) is 0.547. The number of carbonyl (C=O) groups excluding carboxylic acids is 1. The molecule has 3 aromatic rings. The molecule has 6 heteroatoms. The van der Waals surface area contributed by atoms with E-state index in [1.807, 2.05) is 6.92 Å². The summed E-state index contributed by atoms with van der Waals surface area (Å²) in [5.74, 6) is -5.10. The van der Waals surface area contributed by atoms with E-state index in [0.717, 1.165) is 5.56 Å². The smallest absolute Gasteiger partial charge is 0.207 e. The molecule has 0 radical (unpaired) electrons. The molecule has 0 saturated carbocycles. The molecule has 0 atom stereocenters. The monoisotopic (exact) mass is 400 g/mol. The summed E-state index contributed by atoms with van der Waals surface area (Å²) in [5.41, 5.74) is 1.06. The molecule has 3 nitrogen and oxygen atoms in total. The van der Waals surface area contributed by atoms with Crippen molar-refractivity contribution in [1.82, 2.24) is 0 Å². The Balaban J connectivity index is 1.89. The second kappa shape index (κ2) is 8.39. The van der Waals surface area contributed by atoms with Crippen LogP contribution in [0.3, 0.4) is 0 Å². The third-order valence-electron chi connectivity index (χ3n) is 4.56. The molecule has 0 aliphatic heterocycles. The van der Waals surface area contributed by atoms with Gasteiger partial charge in [-0.15, -0.1) is 0 Å². The summed E-state index contributed by atoms with van der Waals surface area (Å²) in [4.78, 5) is 12.5. The number of halogens is 3. The van der Waals surface area contributed by atoms with E-state index in [-0.39, 0.29) is 29.0 Å². The van der Waals surface area contributed by atoms with Gasteiger partial charge in [-0.25, -0.2) is 8.78 Å². The Morgan fingerprint density at radius 1 is 0.931 bits per heavy atom. The molecule has 1 N–H and O–H groups in total. The number of hydrogen-bond donors (Lipinski definition) is 1. The van der Waals surface area contributed by atoms with Gasteiger partial charge in [0, 0.05) is 12.0 Å². The molecule has 3 aromatic carbocycles. The Hall–Kier alpha value is -3.28. The maximum absolute atomic E-state index is 14.6. The van der Waals surface area contributed by atoms with Crippen LogP contribution in [0.2, 0.25) is 0 Å². The van der Waals surface area contributed by atoms with Crippen LogP contribution < -0.4 is 4.74 Å². The molecular formula is C23H19F3O3. The number of hydrogen-bond acceptors (Lipinski definition) is 3. The lowest BCUT2D eigenvalue weighted by molar-refractivity contribution is 0.0988. The molecule has 0 fully saturated rings. The molecule has 0 bridgehead atoms. The standard InChI is InChI=1S/C23H19F3O3/c1-3-29-19-11-10-17(23(28)22(19)26)18(27)12-15-8-9-16(21(25)20(15)24)14-6-4-13(2)5-7-14/h4-11,28H,3,12H2,1-2H3. The molecule has 150 valence electrons. The molecule has 29 heavy (non-hydrogen) atoms. The van der Waals surface area contributed by atoms with Gasteiger partial charge >= 0.3 is 0 Å². The zero-order valence-electron chi connectivity index (χ0n) is 15.9. The van der Waals surface area contributed by atoms with Crippen LogP contribution in [0.1, 0.15) is 28.4 Å². The summed E-state index contributed by atoms with van der Waals surface area (Å²) in [7, 11) is 0. The normalized spacial score (nSPS) is 10.8. The summed E-state index contributed by atoms with van der Waals surface area (Å²) in [6, 6.07) is 12.0. The minimum absolute atomic E-state index is 0.0775. The molecule has 0 heterocycles. The van der Waals surface area contributed by atoms with Gasteiger partial charge in [-0.05, 0) is 37.1 Å². The molecule has 0 aliphatic rings. The lowest BCUT2D eigenvalue weighted by Gasteiger charge is -2.11. The van der Waals surface area contributed by atoms with Gasteiger partial charge in [0.1, 0.15) is 0 Å². The van der Waals surface area contributed by atoms with Crippen molar-refractivity contribution in [3.8, 4) is 22.6 Å². The van der Waals surface area contributed by atoms with Crippen molar-refractivity contribution >= 4 is 5.78 Å². The molecule has 0 amide bonds. The average molecular weight is 400 g/mol. The van der Waals surface area contributed by atoms with Crippen molar-refractivity contribution in [2.75, 3.05) is 6.61 Å². The Bertz CT molecular complexity index is 1060. The van der Waals surface area contributed by atoms with Gasteiger partial charge in [0.25, 0.3) is 0 Å². The summed E-state index contributed by atoms with van der Waals surface area (Å²) < 4.78 is 48.2. The van der Waals surface area contributed by atoms with Crippen molar-refractivity contribution < 1.29 is 27.8 Å². The second-order valence-electron chi connectivity index (χ2n) is 6.57. The van der Waals surface area contributed by atoms with Gasteiger partial charge in [-0.1, -0.05) is 42.0 Å². The van der Waals surface area contributed by atoms with Gasteiger partial charge in [0.15, 0.2) is 28.9 Å². The predicted molar refractivity (Wildman–Crippen MR) is 104 cm³/mol. The van der Waals surface area contributed by atoms with Crippen molar-refractivity contribution in [3.05, 3.63) is 82.7 Å². The Morgan fingerprint density at radius 2 is 1.62 bits per heavy atom. The summed E-state index contributed by atoms with van der Waals surface area (Å²) in [6.07, 6.45) is -0.530. The van der Waals surface area contributed by atoms with E-state index >= 15 is 0 Å². The SMILES string of the molecule is CCOc1ccc(C(=O)Cc2ccc(-c3ccc(C)cc3)c(F)c2F)c(O)c1F. The Morgan fingerprint density at radius 3 is 2.28 bits per heavy atom. The first-order valence-electron chi connectivity index (χ1n) is 9.04. The minimum atomic E-state index is -1.15. The van der Waals surface area contributed by atoms with Crippen molar-refractivity contribution in [1.29, 1.82) is 0 Å². The fourth-order valence-electron chi connectivity index (χ4n) is 2.99. The lowest BCUT2D eigenvalue weighted by Crippen LogP contribution is -2.08. The number of phenolic OH excluding ortho intramolecular Hbond substituents is 1. The van der Waals surface area contributed by atoms with E-state index in [1.165, 1.54) is 24.3 Å². The third kappa shape index (κ3) is 4.11. The van der Waals surface area contributed by atoms with E-state index in [0.29, 0.717) is 5.56 Å². The molecule has 0 aromatic heterocycles. The predicted octanol–water partition coefficient (Wildman–Crippen LogP) is 5.61. The van der Waals surface area contributed by atoms with Crippen LogP contribution in [-0.2, 0) is 6.42 Å². The van der Waals surface area contributed by atoms with Crippen LogP contribution >= 0.6 is 0 Å². The van der Waals surface area contributed by atoms with Gasteiger partial charge in [-0.3, -0.25) is 4.79 Å². The van der Waals surface area contributed by atoms with Gasteiger partial charge in [-0.2, -0.15) is 4.39 Å². The highest BCUT2D eigenvalue weighted by Crippen LogP contribution is 2.31. The van der Waals surface area contributed by atoms with E-state index in [2.05, 4.69) is 0 Å². The third-order valence-corrected chi connectivity index (χ3v) is 4.56. The zero-order chi connectivity index (χ0) is 21.1. The highest BCUT2D eigenvalue weighted by Gasteiger charge is 2.22. The van der Waals surface area contributed by atoms with Crippen molar-refractivity contribution in [2.45, 2.75) is 20.3 Å². The number of aryl methyl sites for hydroxylation is 1. The molecular weight excluding hydrogens is 381 g/mol. The van der Waals surface area contributed by atoms with Gasteiger partial charge in [0.05, 0.1) is 12.2 Å². The molecule has 0 saturated heterocycles. The Labute approximate surface area is 166 Å². The lowest BCUT2D eigenvalue weighted by atomic mass is 9.97. The molecule has 0 aliphatic carbocycles. The number of benzene rings is 3. The maximum atomic E-state index is 14.6. The van der Waals surface area contributed by atoms with Crippen LogP contribution in [0.15, 0.2) is 48.5 Å². The van der Waals surface area contributed by atoms with Crippen LogP contribution in [0.25, 0.3) is 11.1 Å². The number of carbonyl (C=O) groups is 1. The topological polar surface area (TPSA) is 46.5 Å². The summed E-state index contributed by atoms with van der Waals surface area (Å²) in [6.45, 7) is 3.71. The average Bonchev–Trinajstić information content (AvgIpc) is 2.70. The minimum Gasteiger partial charge on any atom is -0.504 e. The first kappa shape index (κ1) is 20.5. The van der Waals surface area contributed by atoms with E-state index in [9.17, 15) is 23.1 Å². The van der Waals surface area contributed by atoms with Gasteiger partial charge in [0.2, 0.25) is 5.82 Å². The number of ketones is 1. The van der Waals surface area contributed by atoms with Crippen LogP contribution in [-0.4, -0.2) is 17.5 Å². The largest absolute Gasteiger partial charge is 0.504 e. The number of Topliss-reactive ketones (excluding diaryl/α,β-unsaturated/α-hetero) is 1. The zero-order valence-corrected chi connectivity index (χ0v) is 15.9.